The van der Waals surface area contributed by atoms with Crippen molar-refractivity contribution in [3.05, 3.63) is 93.6 Å². The molecule has 7 heteroatoms. The number of hydrogen-bond acceptors (Lipinski definition) is 4. The predicted octanol–water partition coefficient (Wildman–Crippen LogP) is 3.70. The maximum absolute atomic E-state index is 12.3. The number of fused-ring (bicyclic) bond motifs is 1. The minimum absolute atomic E-state index is 0.0436. The molecular formula is C20H14ClN3O3. The quantitative estimate of drug-likeness (QED) is 0.548. The number of aromatic amines is 1. The number of esters is 1. The van der Waals surface area contributed by atoms with Crippen LogP contribution in [0.15, 0.2) is 71.8 Å². The van der Waals surface area contributed by atoms with Crippen LogP contribution in [0.4, 0.5) is 0 Å². The van der Waals surface area contributed by atoms with Crippen molar-refractivity contribution in [1.29, 1.82) is 0 Å². The number of pyridine rings is 2. The summed E-state index contributed by atoms with van der Waals surface area (Å²) in [5.74, 6) is -0.703. The first-order chi connectivity index (χ1) is 13.1. The summed E-state index contributed by atoms with van der Waals surface area (Å²) in [6, 6.07) is 16.0. The van der Waals surface area contributed by atoms with Crippen LogP contribution in [0.2, 0.25) is 5.02 Å². The summed E-state index contributed by atoms with van der Waals surface area (Å²) in [6.07, 6.45) is 3.43. The Morgan fingerprint density at radius 2 is 1.89 bits per heavy atom. The molecule has 0 spiro atoms. The van der Waals surface area contributed by atoms with Gasteiger partial charge in [-0.05, 0) is 29.8 Å². The van der Waals surface area contributed by atoms with E-state index in [1.165, 1.54) is 6.07 Å². The molecule has 1 N–H and O–H groups in total. The van der Waals surface area contributed by atoms with E-state index < -0.39 is 11.5 Å². The highest BCUT2D eigenvalue weighted by molar-refractivity contribution is 6.30. The molecule has 0 radical (unpaired) electrons. The molecule has 0 fully saturated rings. The maximum atomic E-state index is 12.3. The molecule has 27 heavy (non-hydrogen) atoms. The number of imidazole rings is 1. The lowest BCUT2D eigenvalue weighted by Crippen LogP contribution is -2.19. The van der Waals surface area contributed by atoms with Crippen molar-refractivity contribution in [1.82, 2.24) is 14.4 Å². The van der Waals surface area contributed by atoms with Crippen LogP contribution in [0.5, 0.6) is 0 Å². The molecule has 3 aromatic heterocycles. The maximum Gasteiger partial charge on any atom is 0.344 e. The smallest absolute Gasteiger partial charge is 0.344 e. The van der Waals surface area contributed by atoms with Crippen LogP contribution in [0.3, 0.4) is 0 Å². The molecule has 134 valence electrons. The Morgan fingerprint density at radius 3 is 2.67 bits per heavy atom. The number of carbonyl (C=O) groups excluding carboxylic acids is 1. The van der Waals surface area contributed by atoms with E-state index in [1.807, 2.05) is 30.3 Å². The fraction of sp³-hybridized carbons (Fsp3) is 0.0500. The number of hydrogen-bond donors (Lipinski definition) is 1. The molecule has 0 bridgehead atoms. The van der Waals surface area contributed by atoms with Crippen LogP contribution in [0.25, 0.3) is 16.9 Å². The second kappa shape index (κ2) is 7.09. The molecule has 0 unspecified atom stereocenters. The number of nitrogens with zero attached hydrogens (tertiary/aromatic N) is 2. The monoisotopic (exact) mass is 379 g/mol. The van der Waals surface area contributed by atoms with E-state index in [-0.39, 0.29) is 12.2 Å². The Bertz CT molecular complexity index is 1180. The summed E-state index contributed by atoms with van der Waals surface area (Å²) in [6.45, 7) is -0.0436. The highest BCUT2D eigenvalue weighted by Crippen LogP contribution is 2.15. The predicted molar refractivity (Wildman–Crippen MR) is 102 cm³/mol. The van der Waals surface area contributed by atoms with E-state index >= 15 is 0 Å². The largest absolute Gasteiger partial charge is 0.455 e. The van der Waals surface area contributed by atoms with Gasteiger partial charge in [0, 0.05) is 18.1 Å². The topological polar surface area (TPSA) is 76.5 Å². The zero-order valence-corrected chi connectivity index (χ0v) is 14.8. The van der Waals surface area contributed by atoms with Gasteiger partial charge < -0.3 is 14.1 Å². The van der Waals surface area contributed by atoms with Crippen molar-refractivity contribution in [2.45, 2.75) is 6.61 Å². The van der Waals surface area contributed by atoms with Gasteiger partial charge in [0.25, 0.3) is 5.56 Å². The third-order valence-corrected chi connectivity index (χ3v) is 4.25. The van der Waals surface area contributed by atoms with Crippen molar-refractivity contribution in [2.24, 2.45) is 0 Å². The first-order valence-electron chi connectivity index (χ1n) is 8.19. The van der Waals surface area contributed by atoms with Gasteiger partial charge in [0.05, 0.1) is 10.7 Å². The van der Waals surface area contributed by atoms with Crippen molar-refractivity contribution >= 4 is 23.2 Å². The number of benzene rings is 1. The SMILES string of the molecule is O=C(OCc1cn2cc(Cl)ccc2n1)c1ccc(-c2ccccc2)[nH]c1=O. The highest BCUT2D eigenvalue weighted by Gasteiger charge is 2.14. The van der Waals surface area contributed by atoms with Crippen LogP contribution < -0.4 is 5.56 Å². The van der Waals surface area contributed by atoms with Crippen LogP contribution in [-0.4, -0.2) is 20.3 Å². The van der Waals surface area contributed by atoms with Crippen molar-refractivity contribution in [2.75, 3.05) is 0 Å². The lowest BCUT2D eigenvalue weighted by Gasteiger charge is -2.04. The Morgan fingerprint density at radius 1 is 1.07 bits per heavy atom. The van der Waals surface area contributed by atoms with Gasteiger partial charge in [-0.1, -0.05) is 41.9 Å². The van der Waals surface area contributed by atoms with Crippen LogP contribution in [0.1, 0.15) is 16.1 Å². The molecule has 0 aliphatic rings. The molecule has 0 saturated heterocycles. The summed E-state index contributed by atoms with van der Waals surface area (Å²) < 4.78 is 6.98. The minimum Gasteiger partial charge on any atom is -0.455 e. The van der Waals surface area contributed by atoms with Gasteiger partial charge in [0.1, 0.15) is 17.8 Å². The Labute approximate surface area is 159 Å². The van der Waals surface area contributed by atoms with Crippen molar-refractivity contribution < 1.29 is 9.53 Å². The van der Waals surface area contributed by atoms with Gasteiger partial charge in [0.2, 0.25) is 0 Å². The molecule has 1 aromatic carbocycles. The average Bonchev–Trinajstić information content (AvgIpc) is 3.08. The number of ether oxygens (including phenoxy) is 1. The Balaban J connectivity index is 1.50. The van der Waals surface area contributed by atoms with Gasteiger partial charge in [0.15, 0.2) is 0 Å². The molecule has 4 aromatic rings. The Hall–Kier alpha value is -3.38. The second-order valence-electron chi connectivity index (χ2n) is 5.90. The summed E-state index contributed by atoms with van der Waals surface area (Å²) in [7, 11) is 0. The van der Waals surface area contributed by atoms with E-state index in [0.717, 1.165) is 5.56 Å². The van der Waals surface area contributed by atoms with Gasteiger partial charge in [-0.2, -0.15) is 0 Å². The molecule has 0 amide bonds. The Kier molecular flexibility index (Phi) is 4.48. The molecule has 3 heterocycles. The first-order valence-corrected chi connectivity index (χ1v) is 8.57. The van der Waals surface area contributed by atoms with Gasteiger partial charge >= 0.3 is 5.97 Å². The summed E-state index contributed by atoms with van der Waals surface area (Å²) in [5.41, 5.74) is 2.19. The van der Waals surface area contributed by atoms with Crippen LogP contribution in [0, 0.1) is 0 Å². The molecule has 0 aliphatic carbocycles. The van der Waals surface area contributed by atoms with E-state index in [9.17, 15) is 9.59 Å². The standard InChI is InChI=1S/C20H14ClN3O3/c21-14-6-9-18-22-15(11-24(18)10-14)12-27-20(26)16-7-8-17(23-19(16)25)13-4-2-1-3-5-13/h1-11H,12H2,(H,23,25). The van der Waals surface area contributed by atoms with E-state index in [2.05, 4.69) is 9.97 Å². The summed E-state index contributed by atoms with van der Waals surface area (Å²) >= 11 is 5.94. The molecule has 4 rings (SSSR count). The zero-order valence-electron chi connectivity index (χ0n) is 14.1. The summed E-state index contributed by atoms with van der Waals surface area (Å²) in [4.78, 5) is 31.6. The van der Waals surface area contributed by atoms with E-state index in [4.69, 9.17) is 16.3 Å². The number of carbonyl (C=O) groups is 1. The fourth-order valence-electron chi connectivity index (χ4n) is 2.72. The first kappa shape index (κ1) is 17.1. The normalized spacial score (nSPS) is 10.9. The molecule has 0 saturated carbocycles. The number of aromatic nitrogens is 3. The average molecular weight is 380 g/mol. The summed E-state index contributed by atoms with van der Waals surface area (Å²) in [5, 5.41) is 0.577. The fourth-order valence-corrected chi connectivity index (χ4v) is 2.89. The van der Waals surface area contributed by atoms with Crippen LogP contribution >= 0.6 is 11.6 Å². The van der Waals surface area contributed by atoms with E-state index in [1.54, 1.807) is 35.0 Å². The second-order valence-corrected chi connectivity index (χ2v) is 6.34. The number of nitrogens with one attached hydrogen (secondary N) is 1. The lowest BCUT2D eigenvalue weighted by atomic mass is 10.1. The molecular weight excluding hydrogens is 366 g/mol. The van der Waals surface area contributed by atoms with Gasteiger partial charge in [-0.25, -0.2) is 9.78 Å². The number of halogens is 1. The lowest BCUT2D eigenvalue weighted by molar-refractivity contribution is 0.0466. The number of rotatable bonds is 4. The zero-order chi connectivity index (χ0) is 18.8. The van der Waals surface area contributed by atoms with Gasteiger partial charge in [-0.3, -0.25) is 4.79 Å². The van der Waals surface area contributed by atoms with Crippen LogP contribution in [-0.2, 0) is 11.3 Å². The molecule has 6 nitrogen and oxygen atoms in total. The van der Waals surface area contributed by atoms with Crippen molar-refractivity contribution in [3.8, 4) is 11.3 Å². The highest BCUT2D eigenvalue weighted by atomic mass is 35.5. The minimum atomic E-state index is -0.703. The molecule has 0 atom stereocenters. The third-order valence-electron chi connectivity index (χ3n) is 4.03. The van der Waals surface area contributed by atoms with E-state index in [0.29, 0.717) is 22.1 Å². The van der Waals surface area contributed by atoms with Crippen molar-refractivity contribution in [3.63, 3.8) is 0 Å². The number of H-pyrrole nitrogens is 1. The van der Waals surface area contributed by atoms with Gasteiger partial charge in [-0.15, -0.1) is 0 Å². The third kappa shape index (κ3) is 3.61. The molecule has 0 aliphatic heterocycles.